The van der Waals surface area contributed by atoms with Crippen molar-refractivity contribution in [2.45, 2.75) is 30.2 Å². The minimum absolute atomic E-state index is 0.0332. The number of carboxylic acids is 1. The van der Waals surface area contributed by atoms with Gasteiger partial charge >= 0.3 is 5.97 Å². The number of hydrogen-bond acceptors (Lipinski definition) is 4. The predicted molar refractivity (Wildman–Crippen MR) is 73.3 cm³/mol. The van der Waals surface area contributed by atoms with Gasteiger partial charge in [-0.05, 0) is 36.6 Å². The topological polar surface area (TPSA) is 104 Å². The standard InChI is InChI=1S/C13H14N2O5S/c16-12-7-8-6-9(3-4-10(8)14-12)21(19,20)15-5-1-2-11(15)13(17)18/h3-4,6,11H,1-2,5,7H2,(H,14,16)(H,17,18)/t11-/m1/s1. The van der Waals surface area contributed by atoms with Gasteiger partial charge in [-0.1, -0.05) is 0 Å². The lowest BCUT2D eigenvalue weighted by molar-refractivity contribution is -0.140. The highest BCUT2D eigenvalue weighted by Crippen LogP contribution is 2.30. The Kier molecular flexibility index (Phi) is 3.22. The Labute approximate surface area is 121 Å². The summed E-state index contributed by atoms with van der Waals surface area (Å²) < 4.78 is 26.2. The largest absolute Gasteiger partial charge is 0.480 e. The average molecular weight is 310 g/mol. The molecule has 2 aliphatic rings. The monoisotopic (exact) mass is 310 g/mol. The van der Waals surface area contributed by atoms with E-state index in [0.717, 1.165) is 4.31 Å². The molecular formula is C13H14N2O5S. The van der Waals surface area contributed by atoms with E-state index in [-0.39, 0.29) is 23.8 Å². The summed E-state index contributed by atoms with van der Waals surface area (Å²) in [5.41, 5.74) is 1.22. The Morgan fingerprint density at radius 1 is 1.38 bits per heavy atom. The first kappa shape index (κ1) is 14.0. The first-order chi connectivity index (χ1) is 9.89. The molecule has 3 rings (SSSR count). The lowest BCUT2D eigenvalue weighted by Crippen LogP contribution is -2.40. The van der Waals surface area contributed by atoms with E-state index in [2.05, 4.69) is 5.32 Å². The van der Waals surface area contributed by atoms with Gasteiger partial charge in [0.15, 0.2) is 0 Å². The molecular weight excluding hydrogens is 296 g/mol. The molecule has 0 unspecified atom stereocenters. The molecule has 1 aromatic rings. The highest BCUT2D eigenvalue weighted by atomic mass is 32.2. The Balaban J connectivity index is 1.98. The number of hydrogen-bond donors (Lipinski definition) is 2. The normalized spacial score (nSPS) is 22.1. The minimum Gasteiger partial charge on any atom is -0.480 e. The fourth-order valence-corrected chi connectivity index (χ4v) is 4.48. The van der Waals surface area contributed by atoms with Gasteiger partial charge in [-0.15, -0.1) is 0 Å². The lowest BCUT2D eigenvalue weighted by atomic mass is 10.2. The van der Waals surface area contributed by atoms with Crippen molar-refractivity contribution >= 4 is 27.6 Å². The van der Waals surface area contributed by atoms with Crippen LogP contribution < -0.4 is 5.32 Å². The third-order valence-electron chi connectivity index (χ3n) is 3.80. The van der Waals surface area contributed by atoms with Gasteiger partial charge in [-0.25, -0.2) is 8.42 Å². The van der Waals surface area contributed by atoms with E-state index in [1.54, 1.807) is 6.07 Å². The molecule has 112 valence electrons. The van der Waals surface area contributed by atoms with Crippen LogP contribution >= 0.6 is 0 Å². The van der Waals surface area contributed by atoms with Crippen LogP contribution in [0.25, 0.3) is 0 Å². The van der Waals surface area contributed by atoms with Crippen LogP contribution in [0.5, 0.6) is 0 Å². The van der Waals surface area contributed by atoms with E-state index in [1.165, 1.54) is 12.1 Å². The molecule has 0 aliphatic carbocycles. The highest BCUT2D eigenvalue weighted by molar-refractivity contribution is 7.89. The number of carboxylic acid groups (broad SMARTS) is 1. The van der Waals surface area contributed by atoms with Crippen LogP contribution in [0.3, 0.4) is 0 Å². The number of carbonyl (C=O) groups excluding carboxylic acids is 1. The molecule has 7 nitrogen and oxygen atoms in total. The summed E-state index contributed by atoms with van der Waals surface area (Å²) in [5, 5.41) is 11.8. The lowest BCUT2D eigenvalue weighted by Gasteiger charge is -2.21. The Morgan fingerprint density at radius 2 is 2.14 bits per heavy atom. The number of fused-ring (bicyclic) bond motifs is 1. The summed E-state index contributed by atoms with van der Waals surface area (Å²) in [4.78, 5) is 22.5. The van der Waals surface area contributed by atoms with Crippen molar-refractivity contribution in [3.63, 3.8) is 0 Å². The number of nitrogens with zero attached hydrogens (tertiary/aromatic N) is 1. The third-order valence-corrected chi connectivity index (χ3v) is 5.70. The van der Waals surface area contributed by atoms with Crippen LogP contribution in [-0.2, 0) is 26.0 Å². The summed E-state index contributed by atoms with van der Waals surface area (Å²) in [5.74, 6) is -1.31. The van der Waals surface area contributed by atoms with Gasteiger partial charge in [-0.2, -0.15) is 4.31 Å². The number of amides is 1. The van der Waals surface area contributed by atoms with Gasteiger partial charge in [0.1, 0.15) is 6.04 Å². The average Bonchev–Trinajstić information content (AvgIpc) is 3.02. The van der Waals surface area contributed by atoms with Gasteiger partial charge in [-0.3, -0.25) is 9.59 Å². The summed E-state index contributed by atoms with van der Waals surface area (Å²) in [6.45, 7) is 0.202. The van der Waals surface area contributed by atoms with E-state index in [9.17, 15) is 18.0 Å². The van der Waals surface area contributed by atoms with Gasteiger partial charge in [0, 0.05) is 12.2 Å². The Morgan fingerprint density at radius 3 is 2.86 bits per heavy atom. The fraction of sp³-hybridized carbons (Fsp3) is 0.385. The van der Waals surface area contributed by atoms with E-state index in [0.29, 0.717) is 24.1 Å². The molecule has 1 amide bonds. The molecule has 0 saturated carbocycles. The first-order valence-electron chi connectivity index (χ1n) is 6.57. The van der Waals surface area contributed by atoms with Crippen LogP contribution in [0.15, 0.2) is 23.1 Å². The Bertz CT molecular complexity index is 728. The van der Waals surface area contributed by atoms with Gasteiger partial charge in [0.25, 0.3) is 0 Å². The van der Waals surface area contributed by atoms with Gasteiger partial charge in [0.05, 0.1) is 11.3 Å². The molecule has 1 atom stereocenters. The van der Waals surface area contributed by atoms with Crippen molar-refractivity contribution in [1.29, 1.82) is 0 Å². The molecule has 2 aliphatic heterocycles. The number of benzene rings is 1. The first-order valence-corrected chi connectivity index (χ1v) is 8.01. The second kappa shape index (κ2) is 4.81. The van der Waals surface area contributed by atoms with Crippen LogP contribution in [0.1, 0.15) is 18.4 Å². The molecule has 2 heterocycles. The summed E-state index contributed by atoms with van der Waals surface area (Å²) in [6.07, 6.45) is 0.988. The number of rotatable bonds is 3. The number of nitrogens with one attached hydrogen (secondary N) is 1. The van der Waals surface area contributed by atoms with Crippen molar-refractivity contribution in [3.8, 4) is 0 Å². The molecule has 21 heavy (non-hydrogen) atoms. The van der Waals surface area contributed by atoms with Crippen LogP contribution in [0, 0.1) is 0 Å². The molecule has 0 bridgehead atoms. The van der Waals surface area contributed by atoms with E-state index in [1.807, 2.05) is 0 Å². The highest BCUT2D eigenvalue weighted by Gasteiger charge is 2.39. The predicted octanol–water partition coefficient (Wildman–Crippen LogP) is 0.419. The maximum absolute atomic E-state index is 12.6. The zero-order valence-corrected chi connectivity index (χ0v) is 11.9. The second-order valence-corrected chi connectivity index (χ2v) is 7.05. The number of anilines is 1. The van der Waals surface area contributed by atoms with Crippen molar-refractivity contribution < 1.29 is 23.1 Å². The molecule has 2 N–H and O–H groups in total. The third kappa shape index (κ3) is 2.30. The summed E-state index contributed by atoms with van der Waals surface area (Å²) in [7, 11) is -3.86. The van der Waals surface area contributed by atoms with Gasteiger partial charge < -0.3 is 10.4 Å². The zero-order chi connectivity index (χ0) is 15.2. The zero-order valence-electron chi connectivity index (χ0n) is 11.1. The quantitative estimate of drug-likeness (QED) is 0.842. The van der Waals surface area contributed by atoms with Crippen molar-refractivity contribution in [2.24, 2.45) is 0 Å². The molecule has 1 saturated heterocycles. The summed E-state index contributed by atoms with van der Waals surface area (Å²) >= 11 is 0. The number of carbonyl (C=O) groups is 2. The van der Waals surface area contributed by atoms with Crippen LogP contribution in [-0.4, -0.2) is 42.3 Å². The minimum atomic E-state index is -3.86. The van der Waals surface area contributed by atoms with Crippen molar-refractivity contribution in [1.82, 2.24) is 4.31 Å². The van der Waals surface area contributed by atoms with Crippen LogP contribution in [0.2, 0.25) is 0 Å². The number of sulfonamides is 1. The Hall–Kier alpha value is -1.93. The molecule has 1 aromatic carbocycles. The fourth-order valence-electron chi connectivity index (χ4n) is 2.78. The van der Waals surface area contributed by atoms with E-state index >= 15 is 0 Å². The smallest absolute Gasteiger partial charge is 0.322 e. The van der Waals surface area contributed by atoms with Crippen molar-refractivity contribution in [3.05, 3.63) is 23.8 Å². The van der Waals surface area contributed by atoms with Crippen LogP contribution in [0.4, 0.5) is 5.69 Å². The number of aliphatic carboxylic acids is 1. The molecule has 0 spiro atoms. The molecule has 0 aromatic heterocycles. The van der Waals surface area contributed by atoms with Gasteiger partial charge in [0.2, 0.25) is 15.9 Å². The van der Waals surface area contributed by atoms with E-state index in [4.69, 9.17) is 5.11 Å². The molecule has 8 heteroatoms. The summed E-state index contributed by atoms with van der Waals surface area (Å²) in [6, 6.07) is 3.37. The molecule has 0 radical (unpaired) electrons. The van der Waals surface area contributed by atoms with Crippen molar-refractivity contribution in [2.75, 3.05) is 11.9 Å². The molecule has 1 fully saturated rings. The second-order valence-electron chi connectivity index (χ2n) is 5.16. The maximum Gasteiger partial charge on any atom is 0.322 e. The SMILES string of the molecule is O=C1Cc2cc(S(=O)(=O)N3CCC[C@@H]3C(=O)O)ccc2N1. The maximum atomic E-state index is 12.6. The van der Waals surface area contributed by atoms with E-state index < -0.39 is 22.0 Å².